The van der Waals surface area contributed by atoms with Crippen molar-refractivity contribution in [2.24, 2.45) is 0 Å². The van der Waals surface area contributed by atoms with E-state index in [1.54, 1.807) is 0 Å². The van der Waals surface area contributed by atoms with Crippen molar-refractivity contribution < 1.29 is 0 Å². The zero-order valence-electron chi connectivity index (χ0n) is 8.99. The summed E-state index contributed by atoms with van der Waals surface area (Å²) in [5.41, 5.74) is 2.66. The zero-order chi connectivity index (χ0) is 10.2. The summed E-state index contributed by atoms with van der Waals surface area (Å²) in [6.45, 7) is 4.37. The molecule has 0 aromatic heterocycles. The van der Waals surface area contributed by atoms with Crippen molar-refractivity contribution in [1.82, 2.24) is 0 Å². The van der Waals surface area contributed by atoms with Crippen LogP contribution >= 0.6 is 0 Å². The molecule has 1 rings (SSSR count). The summed E-state index contributed by atoms with van der Waals surface area (Å²) in [6, 6.07) is 8.70. The molecule has 14 heavy (non-hydrogen) atoms. The molecule has 1 aromatic carbocycles. The third-order valence-electron chi connectivity index (χ3n) is 2.05. The van der Waals surface area contributed by atoms with Gasteiger partial charge in [-0.1, -0.05) is 0 Å². The van der Waals surface area contributed by atoms with Crippen molar-refractivity contribution in [2.45, 2.75) is 32.0 Å². The van der Waals surface area contributed by atoms with E-state index in [0.717, 1.165) is 0 Å². The first-order valence-electron chi connectivity index (χ1n) is 5.17. The summed E-state index contributed by atoms with van der Waals surface area (Å²) >= 11 is 0.695. The van der Waals surface area contributed by atoms with E-state index in [4.69, 9.17) is 0 Å². The fourth-order valence-corrected chi connectivity index (χ4v) is 2.87. The van der Waals surface area contributed by atoms with Crippen LogP contribution in [0.1, 0.15) is 30.9 Å². The minimum absolute atomic E-state index is 0.695. The SMILES string of the molecule is CCCC[Se]/C=C/c1ccc(C)cc1. The molecule has 1 heteroatoms. The molecule has 0 heterocycles. The number of unbranched alkanes of at least 4 members (excludes halogenated alkanes) is 1. The van der Waals surface area contributed by atoms with Crippen LogP contribution in [-0.4, -0.2) is 15.0 Å². The second-order valence-electron chi connectivity index (χ2n) is 3.44. The Kier molecular flexibility index (Phi) is 5.66. The second kappa shape index (κ2) is 6.86. The first-order valence-corrected chi connectivity index (χ1v) is 7.38. The molecule has 0 radical (unpaired) electrons. The first-order chi connectivity index (χ1) is 6.83. The van der Waals surface area contributed by atoms with Crippen LogP contribution in [-0.2, 0) is 0 Å². The van der Waals surface area contributed by atoms with Gasteiger partial charge in [0.05, 0.1) is 0 Å². The molecule has 0 nitrogen and oxygen atoms in total. The van der Waals surface area contributed by atoms with Gasteiger partial charge in [0, 0.05) is 0 Å². The molecule has 0 aliphatic heterocycles. The Hall–Kier alpha value is -0.521. The van der Waals surface area contributed by atoms with Crippen molar-refractivity contribution in [3.05, 3.63) is 40.4 Å². The van der Waals surface area contributed by atoms with Crippen molar-refractivity contribution in [1.29, 1.82) is 0 Å². The van der Waals surface area contributed by atoms with Gasteiger partial charge in [-0.15, -0.1) is 0 Å². The Labute approximate surface area is 93.6 Å². The van der Waals surface area contributed by atoms with E-state index in [1.807, 2.05) is 0 Å². The number of hydrogen-bond acceptors (Lipinski definition) is 0. The molecular formula is C13H18Se. The van der Waals surface area contributed by atoms with Crippen LogP contribution in [0.25, 0.3) is 6.08 Å². The number of rotatable bonds is 5. The van der Waals surface area contributed by atoms with Gasteiger partial charge < -0.3 is 0 Å². The fraction of sp³-hybridized carbons (Fsp3) is 0.385. The van der Waals surface area contributed by atoms with Crippen LogP contribution in [0.2, 0.25) is 5.32 Å². The molecule has 0 N–H and O–H groups in total. The molecular weight excluding hydrogens is 235 g/mol. The molecule has 0 saturated carbocycles. The van der Waals surface area contributed by atoms with Crippen molar-refractivity contribution in [3.8, 4) is 0 Å². The standard InChI is InChI=1S/C13H18Se/c1-3-4-10-14-11-9-13-7-5-12(2)6-8-13/h5-9,11H,3-4,10H2,1-2H3/b11-9+. The number of hydrogen-bond donors (Lipinski definition) is 0. The van der Waals surface area contributed by atoms with Crippen molar-refractivity contribution >= 4 is 21.0 Å². The third kappa shape index (κ3) is 4.64. The van der Waals surface area contributed by atoms with Crippen LogP contribution in [0.5, 0.6) is 0 Å². The Morgan fingerprint density at radius 2 is 1.93 bits per heavy atom. The summed E-state index contributed by atoms with van der Waals surface area (Å²) < 4.78 is 0. The molecule has 0 bridgehead atoms. The average molecular weight is 253 g/mol. The summed E-state index contributed by atoms with van der Waals surface area (Å²) in [5.74, 6) is 0. The van der Waals surface area contributed by atoms with Gasteiger partial charge in [0.15, 0.2) is 0 Å². The van der Waals surface area contributed by atoms with Crippen LogP contribution in [0.3, 0.4) is 0 Å². The molecule has 76 valence electrons. The third-order valence-corrected chi connectivity index (χ3v) is 3.84. The van der Waals surface area contributed by atoms with E-state index in [1.165, 1.54) is 29.3 Å². The van der Waals surface area contributed by atoms with Crippen LogP contribution in [0.15, 0.2) is 29.2 Å². The molecule has 0 spiro atoms. The Morgan fingerprint density at radius 1 is 1.21 bits per heavy atom. The van der Waals surface area contributed by atoms with E-state index in [0.29, 0.717) is 15.0 Å². The van der Waals surface area contributed by atoms with Gasteiger partial charge >= 0.3 is 93.4 Å². The summed E-state index contributed by atoms with van der Waals surface area (Å²) in [7, 11) is 0. The first kappa shape index (κ1) is 11.6. The predicted octanol–water partition coefficient (Wildman–Crippen LogP) is 3.89. The monoisotopic (exact) mass is 254 g/mol. The summed E-state index contributed by atoms with van der Waals surface area (Å²) in [6.07, 6.45) is 4.94. The molecule has 0 unspecified atom stereocenters. The fourth-order valence-electron chi connectivity index (χ4n) is 1.10. The van der Waals surface area contributed by atoms with Gasteiger partial charge in [-0.05, 0) is 0 Å². The van der Waals surface area contributed by atoms with E-state index >= 15 is 0 Å². The van der Waals surface area contributed by atoms with Gasteiger partial charge in [-0.25, -0.2) is 0 Å². The van der Waals surface area contributed by atoms with E-state index < -0.39 is 0 Å². The Balaban J connectivity index is 2.33. The molecule has 0 atom stereocenters. The molecule has 0 amide bonds. The Bertz CT molecular complexity index is 272. The molecule has 0 fully saturated rings. The normalized spacial score (nSPS) is 11.0. The van der Waals surface area contributed by atoms with E-state index in [2.05, 4.69) is 49.2 Å². The number of aryl methyl sites for hydroxylation is 1. The number of benzene rings is 1. The van der Waals surface area contributed by atoms with Gasteiger partial charge in [0.2, 0.25) is 0 Å². The van der Waals surface area contributed by atoms with E-state index in [-0.39, 0.29) is 0 Å². The van der Waals surface area contributed by atoms with E-state index in [9.17, 15) is 0 Å². The second-order valence-corrected chi connectivity index (χ2v) is 5.56. The molecule has 0 saturated heterocycles. The summed E-state index contributed by atoms with van der Waals surface area (Å²) in [5, 5.41) is 1.38. The Morgan fingerprint density at radius 3 is 2.57 bits per heavy atom. The maximum absolute atomic E-state index is 2.34. The molecule has 1 aromatic rings. The van der Waals surface area contributed by atoms with Gasteiger partial charge in [-0.2, -0.15) is 0 Å². The molecule has 0 aliphatic rings. The van der Waals surface area contributed by atoms with Crippen LogP contribution < -0.4 is 0 Å². The topological polar surface area (TPSA) is 0 Å². The van der Waals surface area contributed by atoms with Gasteiger partial charge in [0.25, 0.3) is 0 Å². The zero-order valence-corrected chi connectivity index (χ0v) is 10.7. The van der Waals surface area contributed by atoms with Crippen LogP contribution in [0.4, 0.5) is 0 Å². The van der Waals surface area contributed by atoms with Gasteiger partial charge in [0.1, 0.15) is 0 Å². The summed E-state index contributed by atoms with van der Waals surface area (Å²) in [4.78, 5) is 2.34. The molecule has 0 aliphatic carbocycles. The quantitative estimate of drug-likeness (QED) is 0.551. The maximum atomic E-state index is 2.34. The van der Waals surface area contributed by atoms with Crippen LogP contribution in [0, 0.1) is 6.92 Å². The van der Waals surface area contributed by atoms with Crippen molar-refractivity contribution in [2.75, 3.05) is 0 Å². The average Bonchev–Trinajstić information content (AvgIpc) is 2.21. The predicted molar refractivity (Wildman–Crippen MR) is 65.7 cm³/mol. The van der Waals surface area contributed by atoms with Crippen molar-refractivity contribution in [3.63, 3.8) is 0 Å². The minimum atomic E-state index is 0.695. The van der Waals surface area contributed by atoms with Gasteiger partial charge in [-0.3, -0.25) is 0 Å².